The number of hydrogen-bond acceptors (Lipinski definition) is 3. The van der Waals surface area contributed by atoms with E-state index < -0.39 is 23.7 Å². The van der Waals surface area contributed by atoms with Gasteiger partial charge in [-0.25, -0.2) is 9.59 Å². The van der Waals surface area contributed by atoms with E-state index in [1.165, 1.54) is 36.2 Å². The van der Waals surface area contributed by atoms with Crippen LogP contribution >= 0.6 is 0 Å². The van der Waals surface area contributed by atoms with Gasteiger partial charge in [-0.1, -0.05) is 11.6 Å². The highest BCUT2D eigenvalue weighted by atomic mass is 16.6. The molecule has 1 spiro atoms. The Morgan fingerprint density at radius 2 is 2.04 bits per heavy atom. The van der Waals surface area contributed by atoms with Crippen molar-refractivity contribution in [1.82, 2.24) is 4.90 Å². The number of carboxylic acids is 1. The molecule has 0 bridgehead atoms. The molecule has 0 aromatic heterocycles. The highest BCUT2D eigenvalue weighted by Gasteiger charge is 2.44. The molecule has 5 nitrogen and oxygen atoms in total. The van der Waals surface area contributed by atoms with E-state index in [1.807, 2.05) is 0 Å². The molecule has 3 rings (SSSR count). The molecule has 3 aliphatic rings. The van der Waals surface area contributed by atoms with Crippen molar-refractivity contribution in [1.29, 1.82) is 0 Å². The highest BCUT2D eigenvalue weighted by Crippen LogP contribution is 2.56. The number of aliphatic carboxylic acids is 1. The van der Waals surface area contributed by atoms with Crippen LogP contribution in [0.5, 0.6) is 0 Å². The van der Waals surface area contributed by atoms with Crippen molar-refractivity contribution in [3.05, 3.63) is 11.6 Å². The topological polar surface area (TPSA) is 66.8 Å². The van der Waals surface area contributed by atoms with E-state index in [2.05, 4.69) is 6.08 Å². The van der Waals surface area contributed by atoms with Gasteiger partial charge in [-0.15, -0.1) is 0 Å². The van der Waals surface area contributed by atoms with E-state index in [9.17, 15) is 14.7 Å². The molecule has 0 radical (unpaired) electrons. The number of likely N-dealkylation sites (tertiary alicyclic amines) is 1. The fourth-order valence-electron chi connectivity index (χ4n) is 4.01. The maximum atomic E-state index is 12.3. The summed E-state index contributed by atoms with van der Waals surface area (Å²) in [7, 11) is 0. The zero-order valence-electron chi connectivity index (χ0n) is 15.0. The normalized spacial score (nSPS) is 28.6. The number of carbonyl (C=O) groups is 2. The van der Waals surface area contributed by atoms with Gasteiger partial charge in [-0.05, 0) is 77.0 Å². The molecule has 1 saturated carbocycles. The standard InChI is InChI=1S/C19H29NO4/c1-18(2,3)24-17(23)20-12-14(11-15(20)16(21)22)10-13-4-6-19(7-5-13)8-9-19/h4,14-15H,5-12H2,1-3H3,(H,21,22)/t14?,15-/m0/s1. The van der Waals surface area contributed by atoms with Crippen LogP contribution in [0.1, 0.15) is 65.7 Å². The van der Waals surface area contributed by atoms with Crippen molar-refractivity contribution in [2.75, 3.05) is 6.54 Å². The van der Waals surface area contributed by atoms with Crippen LogP contribution in [0.25, 0.3) is 0 Å². The molecule has 2 atom stereocenters. The summed E-state index contributed by atoms with van der Waals surface area (Å²) in [6, 6.07) is -0.760. The average molecular weight is 335 g/mol. The molecule has 1 N–H and O–H groups in total. The van der Waals surface area contributed by atoms with Gasteiger partial charge in [0.25, 0.3) is 0 Å². The van der Waals surface area contributed by atoms with Crippen molar-refractivity contribution < 1.29 is 19.4 Å². The van der Waals surface area contributed by atoms with E-state index in [0.717, 1.165) is 12.8 Å². The van der Waals surface area contributed by atoms with Gasteiger partial charge in [-0.2, -0.15) is 0 Å². The van der Waals surface area contributed by atoms with Gasteiger partial charge in [0, 0.05) is 6.54 Å². The molecule has 1 aliphatic heterocycles. The first-order valence-electron chi connectivity index (χ1n) is 9.08. The Morgan fingerprint density at radius 3 is 2.54 bits per heavy atom. The molecule has 0 aromatic rings. The molecule has 24 heavy (non-hydrogen) atoms. The SMILES string of the molecule is CC(C)(C)OC(=O)N1CC(CC2=CCC3(CC2)CC3)C[C@H]1C(=O)O. The summed E-state index contributed by atoms with van der Waals surface area (Å²) in [6.07, 6.45) is 9.66. The molecule has 1 amide bonds. The zero-order chi connectivity index (χ0) is 17.5. The van der Waals surface area contributed by atoms with E-state index in [0.29, 0.717) is 18.4 Å². The lowest BCUT2D eigenvalue weighted by Gasteiger charge is -2.27. The van der Waals surface area contributed by atoms with Crippen LogP contribution in [0.4, 0.5) is 4.79 Å². The first kappa shape index (κ1) is 17.3. The van der Waals surface area contributed by atoms with Crippen LogP contribution < -0.4 is 0 Å². The van der Waals surface area contributed by atoms with Crippen LogP contribution in [0.15, 0.2) is 11.6 Å². The van der Waals surface area contributed by atoms with Crippen molar-refractivity contribution in [2.24, 2.45) is 11.3 Å². The first-order valence-corrected chi connectivity index (χ1v) is 9.08. The zero-order valence-corrected chi connectivity index (χ0v) is 15.0. The monoisotopic (exact) mass is 335 g/mol. The molecule has 1 saturated heterocycles. The lowest BCUT2D eigenvalue weighted by atomic mass is 9.83. The Balaban J connectivity index is 1.61. The van der Waals surface area contributed by atoms with Gasteiger partial charge in [-0.3, -0.25) is 4.90 Å². The lowest BCUT2D eigenvalue weighted by molar-refractivity contribution is -0.142. The number of rotatable bonds is 3. The summed E-state index contributed by atoms with van der Waals surface area (Å²) in [5, 5.41) is 9.47. The van der Waals surface area contributed by atoms with E-state index in [4.69, 9.17) is 4.74 Å². The number of allylic oxidation sites excluding steroid dienone is 2. The van der Waals surface area contributed by atoms with Gasteiger partial charge in [0.05, 0.1) is 0 Å². The van der Waals surface area contributed by atoms with Gasteiger partial charge in [0.15, 0.2) is 0 Å². The third-order valence-electron chi connectivity index (χ3n) is 5.61. The van der Waals surface area contributed by atoms with Gasteiger partial charge in [0.2, 0.25) is 0 Å². The molecular weight excluding hydrogens is 306 g/mol. The minimum Gasteiger partial charge on any atom is -0.480 e. The third-order valence-corrected chi connectivity index (χ3v) is 5.61. The quantitative estimate of drug-likeness (QED) is 0.792. The summed E-state index contributed by atoms with van der Waals surface area (Å²) < 4.78 is 5.38. The predicted octanol–water partition coefficient (Wildman–Crippen LogP) is 3.98. The van der Waals surface area contributed by atoms with Crippen molar-refractivity contribution in [3.8, 4) is 0 Å². The molecule has 5 heteroatoms. The average Bonchev–Trinajstić information content (AvgIpc) is 3.07. The maximum Gasteiger partial charge on any atom is 0.411 e. The van der Waals surface area contributed by atoms with E-state index >= 15 is 0 Å². The summed E-state index contributed by atoms with van der Waals surface area (Å²) in [5.74, 6) is -0.712. The van der Waals surface area contributed by atoms with E-state index in [1.54, 1.807) is 20.8 Å². The van der Waals surface area contributed by atoms with Gasteiger partial charge >= 0.3 is 12.1 Å². The van der Waals surface area contributed by atoms with Gasteiger partial charge < -0.3 is 9.84 Å². The second-order valence-electron chi connectivity index (χ2n) is 8.86. The van der Waals surface area contributed by atoms with Gasteiger partial charge in [0.1, 0.15) is 11.6 Å². The number of amides is 1. The van der Waals surface area contributed by atoms with Crippen molar-refractivity contribution in [2.45, 2.75) is 77.4 Å². The van der Waals surface area contributed by atoms with E-state index in [-0.39, 0.29) is 5.92 Å². The Morgan fingerprint density at radius 1 is 1.33 bits per heavy atom. The van der Waals surface area contributed by atoms with Crippen LogP contribution in [-0.2, 0) is 9.53 Å². The second-order valence-corrected chi connectivity index (χ2v) is 8.86. The largest absolute Gasteiger partial charge is 0.480 e. The molecule has 2 aliphatic carbocycles. The summed E-state index contributed by atoms with van der Waals surface area (Å²) in [4.78, 5) is 25.3. The molecule has 0 aromatic carbocycles. The molecular formula is C19H29NO4. The number of nitrogens with zero attached hydrogens (tertiary/aromatic N) is 1. The number of carboxylic acid groups (broad SMARTS) is 1. The second kappa shape index (κ2) is 6.08. The third kappa shape index (κ3) is 3.93. The van der Waals surface area contributed by atoms with Crippen molar-refractivity contribution in [3.63, 3.8) is 0 Å². The number of hydrogen-bond donors (Lipinski definition) is 1. The van der Waals surface area contributed by atoms with Crippen LogP contribution in [-0.4, -0.2) is 40.3 Å². The lowest BCUT2D eigenvalue weighted by Crippen LogP contribution is -2.43. The summed E-state index contributed by atoms with van der Waals surface area (Å²) >= 11 is 0. The highest BCUT2D eigenvalue weighted by molar-refractivity contribution is 5.81. The van der Waals surface area contributed by atoms with Crippen LogP contribution in [0, 0.1) is 11.3 Å². The number of carbonyl (C=O) groups excluding carboxylic acids is 1. The van der Waals surface area contributed by atoms with Crippen LogP contribution in [0.2, 0.25) is 0 Å². The first-order chi connectivity index (χ1) is 11.2. The summed E-state index contributed by atoms with van der Waals surface area (Å²) in [6.45, 7) is 5.88. The minimum atomic E-state index is -0.932. The van der Waals surface area contributed by atoms with Crippen LogP contribution in [0.3, 0.4) is 0 Å². The molecule has 134 valence electrons. The number of ether oxygens (including phenoxy) is 1. The smallest absolute Gasteiger partial charge is 0.411 e. The molecule has 1 unspecified atom stereocenters. The molecule has 1 heterocycles. The summed E-state index contributed by atoms with van der Waals surface area (Å²) in [5.41, 5.74) is 1.46. The predicted molar refractivity (Wildman–Crippen MR) is 90.7 cm³/mol. The Labute approximate surface area is 144 Å². The minimum absolute atomic E-state index is 0.220. The fourth-order valence-corrected chi connectivity index (χ4v) is 4.01. The Hall–Kier alpha value is -1.52. The van der Waals surface area contributed by atoms with Crippen molar-refractivity contribution >= 4 is 12.1 Å². The fraction of sp³-hybridized carbons (Fsp3) is 0.789. The Kier molecular flexibility index (Phi) is 4.39. The Bertz CT molecular complexity index is 556. The molecule has 2 fully saturated rings. The maximum absolute atomic E-state index is 12.3.